The molecule has 2 aromatic carbocycles. The Hall–Kier alpha value is -2.34. The van der Waals surface area contributed by atoms with Crippen molar-refractivity contribution in [1.82, 2.24) is 9.97 Å². The smallest absolute Gasteiger partial charge is 0.167 e. The van der Waals surface area contributed by atoms with E-state index in [4.69, 9.17) is 9.47 Å². The summed E-state index contributed by atoms with van der Waals surface area (Å²) in [6.45, 7) is 0. The SMILES string of the molecule is COc1cc2c(SCc3ccccc3OC)ncnc2cc1F. The van der Waals surface area contributed by atoms with Crippen LogP contribution in [-0.2, 0) is 5.75 Å². The van der Waals surface area contributed by atoms with Gasteiger partial charge in [-0.2, -0.15) is 0 Å². The topological polar surface area (TPSA) is 44.2 Å². The van der Waals surface area contributed by atoms with Gasteiger partial charge in [-0.05, 0) is 12.1 Å². The Bertz CT molecular complexity index is 842. The van der Waals surface area contributed by atoms with Crippen LogP contribution in [0, 0.1) is 5.82 Å². The molecule has 0 unspecified atom stereocenters. The van der Waals surface area contributed by atoms with E-state index < -0.39 is 5.82 Å². The van der Waals surface area contributed by atoms with Crippen molar-refractivity contribution < 1.29 is 13.9 Å². The van der Waals surface area contributed by atoms with Gasteiger partial charge < -0.3 is 9.47 Å². The van der Waals surface area contributed by atoms with Gasteiger partial charge in [0.15, 0.2) is 11.6 Å². The highest BCUT2D eigenvalue weighted by Gasteiger charge is 2.11. The van der Waals surface area contributed by atoms with Crippen molar-refractivity contribution in [3.63, 3.8) is 0 Å². The number of hydrogen-bond acceptors (Lipinski definition) is 5. The molecule has 0 fully saturated rings. The zero-order valence-corrected chi connectivity index (χ0v) is 13.6. The fraction of sp³-hybridized carbons (Fsp3) is 0.176. The summed E-state index contributed by atoms with van der Waals surface area (Å²) in [6, 6.07) is 10.8. The number of aromatic nitrogens is 2. The van der Waals surface area contributed by atoms with E-state index in [0.717, 1.165) is 21.7 Å². The molecule has 1 aromatic heterocycles. The predicted molar refractivity (Wildman–Crippen MR) is 88.6 cm³/mol. The molecule has 0 amide bonds. The second kappa shape index (κ2) is 6.83. The van der Waals surface area contributed by atoms with Gasteiger partial charge in [-0.25, -0.2) is 14.4 Å². The highest BCUT2D eigenvalue weighted by atomic mass is 32.2. The summed E-state index contributed by atoms with van der Waals surface area (Å²) < 4.78 is 24.2. The molecule has 0 radical (unpaired) electrons. The van der Waals surface area contributed by atoms with Crippen molar-refractivity contribution in [2.45, 2.75) is 10.8 Å². The van der Waals surface area contributed by atoms with Crippen LogP contribution in [0.3, 0.4) is 0 Å². The molecular weight excluding hydrogens is 315 g/mol. The standard InChI is InChI=1S/C17H15FN2O2S/c1-21-15-6-4-3-5-11(15)9-23-17-12-7-16(22-2)13(18)8-14(12)19-10-20-17/h3-8,10H,9H2,1-2H3. The maximum Gasteiger partial charge on any atom is 0.167 e. The summed E-state index contributed by atoms with van der Waals surface area (Å²) in [7, 11) is 3.09. The van der Waals surface area contributed by atoms with E-state index in [-0.39, 0.29) is 5.75 Å². The van der Waals surface area contributed by atoms with Crippen LogP contribution in [0.4, 0.5) is 4.39 Å². The predicted octanol–water partition coefficient (Wildman–Crippen LogP) is 4.08. The second-order valence-corrected chi connectivity index (χ2v) is 5.75. The van der Waals surface area contributed by atoms with Gasteiger partial charge in [0.1, 0.15) is 17.1 Å². The maximum atomic E-state index is 13.8. The number of rotatable bonds is 5. The Morgan fingerprint density at radius 3 is 2.61 bits per heavy atom. The van der Waals surface area contributed by atoms with Crippen molar-refractivity contribution in [2.75, 3.05) is 14.2 Å². The molecule has 3 aromatic rings. The molecule has 0 saturated heterocycles. The van der Waals surface area contributed by atoms with Gasteiger partial charge in [0.25, 0.3) is 0 Å². The number of thioether (sulfide) groups is 1. The number of fused-ring (bicyclic) bond motifs is 1. The van der Waals surface area contributed by atoms with E-state index in [2.05, 4.69) is 9.97 Å². The summed E-state index contributed by atoms with van der Waals surface area (Å²) in [4.78, 5) is 8.44. The van der Waals surface area contributed by atoms with Crippen molar-refractivity contribution in [3.8, 4) is 11.5 Å². The molecule has 0 atom stereocenters. The van der Waals surface area contributed by atoms with Gasteiger partial charge >= 0.3 is 0 Å². The number of ether oxygens (including phenoxy) is 2. The lowest BCUT2D eigenvalue weighted by molar-refractivity contribution is 0.387. The van der Waals surface area contributed by atoms with Crippen molar-refractivity contribution in [2.24, 2.45) is 0 Å². The van der Waals surface area contributed by atoms with E-state index in [1.54, 1.807) is 24.9 Å². The second-order valence-electron chi connectivity index (χ2n) is 4.78. The Morgan fingerprint density at radius 1 is 1.04 bits per heavy atom. The number of hydrogen-bond donors (Lipinski definition) is 0. The molecule has 4 nitrogen and oxygen atoms in total. The number of para-hydroxylation sites is 1. The zero-order chi connectivity index (χ0) is 16.2. The first-order valence-electron chi connectivity index (χ1n) is 6.96. The van der Waals surface area contributed by atoms with Crippen molar-refractivity contribution >= 4 is 22.7 Å². The van der Waals surface area contributed by atoms with Gasteiger partial charge in [0.2, 0.25) is 0 Å². The van der Waals surface area contributed by atoms with E-state index in [9.17, 15) is 4.39 Å². The average molecular weight is 330 g/mol. The molecule has 0 bridgehead atoms. The fourth-order valence-corrected chi connectivity index (χ4v) is 3.25. The van der Waals surface area contributed by atoms with Crippen LogP contribution in [0.25, 0.3) is 10.9 Å². The van der Waals surface area contributed by atoms with Gasteiger partial charge in [-0.1, -0.05) is 18.2 Å². The molecule has 3 rings (SSSR count). The molecule has 0 N–H and O–H groups in total. The molecule has 0 spiro atoms. The van der Waals surface area contributed by atoms with Crippen LogP contribution < -0.4 is 9.47 Å². The van der Waals surface area contributed by atoms with E-state index in [0.29, 0.717) is 11.3 Å². The molecule has 0 aliphatic carbocycles. The molecule has 0 aliphatic heterocycles. The van der Waals surface area contributed by atoms with Crippen LogP contribution >= 0.6 is 11.8 Å². The van der Waals surface area contributed by atoms with Crippen molar-refractivity contribution in [1.29, 1.82) is 0 Å². The van der Waals surface area contributed by atoms with Crippen molar-refractivity contribution in [3.05, 3.63) is 54.1 Å². The zero-order valence-electron chi connectivity index (χ0n) is 12.7. The first kappa shape index (κ1) is 15.6. The van der Waals surface area contributed by atoms with Crippen LogP contribution in [0.2, 0.25) is 0 Å². The number of halogens is 1. The van der Waals surface area contributed by atoms with E-state index in [1.807, 2.05) is 24.3 Å². The third kappa shape index (κ3) is 3.22. The summed E-state index contributed by atoms with van der Waals surface area (Å²) in [5.74, 6) is 1.28. The molecule has 6 heteroatoms. The van der Waals surface area contributed by atoms with Crippen LogP contribution in [0.1, 0.15) is 5.56 Å². The Morgan fingerprint density at radius 2 is 1.83 bits per heavy atom. The lowest BCUT2D eigenvalue weighted by atomic mass is 10.2. The van der Waals surface area contributed by atoms with Gasteiger partial charge in [0, 0.05) is 22.8 Å². The summed E-state index contributed by atoms with van der Waals surface area (Å²) in [5.41, 5.74) is 1.63. The molecule has 0 saturated carbocycles. The quantitative estimate of drug-likeness (QED) is 0.521. The highest BCUT2D eigenvalue weighted by molar-refractivity contribution is 7.98. The number of benzene rings is 2. The Kier molecular flexibility index (Phi) is 4.62. The molecule has 118 valence electrons. The fourth-order valence-electron chi connectivity index (χ4n) is 2.27. The van der Waals surface area contributed by atoms with Crippen LogP contribution in [0.5, 0.6) is 11.5 Å². The van der Waals surface area contributed by atoms with Gasteiger partial charge in [0.05, 0.1) is 19.7 Å². The minimum atomic E-state index is -0.431. The highest BCUT2D eigenvalue weighted by Crippen LogP contribution is 2.33. The van der Waals surface area contributed by atoms with E-state index in [1.165, 1.54) is 19.5 Å². The molecule has 0 aliphatic rings. The normalized spacial score (nSPS) is 10.7. The van der Waals surface area contributed by atoms with Crippen LogP contribution in [-0.4, -0.2) is 24.2 Å². The number of nitrogens with zero attached hydrogens (tertiary/aromatic N) is 2. The van der Waals surface area contributed by atoms with Crippen LogP contribution in [0.15, 0.2) is 47.8 Å². The summed E-state index contributed by atoms with van der Waals surface area (Å²) in [5, 5.41) is 1.55. The summed E-state index contributed by atoms with van der Waals surface area (Å²) in [6.07, 6.45) is 1.44. The Labute approximate surface area is 137 Å². The maximum absolute atomic E-state index is 13.8. The monoisotopic (exact) mass is 330 g/mol. The Balaban J connectivity index is 1.94. The van der Waals surface area contributed by atoms with Gasteiger partial charge in [-0.15, -0.1) is 11.8 Å². The lowest BCUT2D eigenvalue weighted by Gasteiger charge is -2.09. The largest absolute Gasteiger partial charge is 0.496 e. The molecular formula is C17H15FN2O2S. The first-order chi connectivity index (χ1) is 11.2. The molecule has 1 heterocycles. The molecule has 23 heavy (non-hydrogen) atoms. The minimum Gasteiger partial charge on any atom is -0.496 e. The van der Waals surface area contributed by atoms with E-state index >= 15 is 0 Å². The first-order valence-corrected chi connectivity index (χ1v) is 7.94. The third-order valence-corrected chi connectivity index (χ3v) is 4.48. The minimum absolute atomic E-state index is 0.187. The number of methoxy groups -OCH3 is 2. The third-order valence-electron chi connectivity index (χ3n) is 3.43. The summed E-state index contributed by atoms with van der Waals surface area (Å²) >= 11 is 1.55. The average Bonchev–Trinajstić information content (AvgIpc) is 2.59. The lowest BCUT2D eigenvalue weighted by Crippen LogP contribution is -1.94. The van der Waals surface area contributed by atoms with Gasteiger partial charge in [-0.3, -0.25) is 0 Å².